The van der Waals surface area contributed by atoms with Crippen LogP contribution in [0.1, 0.15) is 32.7 Å². The van der Waals surface area contributed by atoms with Crippen molar-refractivity contribution in [2.45, 2.75) is 19.9 Å². The lowest BCUT2D eigenvalue weighted by Gasteiger charge is -2.29. The number of hydrogen-bond acceptors (Lipinski definition) is 4. The molecule has 0 atom stereocenters. The third-order valence-corrected chi connectivity index (χ3v) is 4.62. The summed E-state index contributed by atoms with van der Waals surface area (Å²) in [6.07, 6.45) is 7.76. The van der Waals surface area contributed by atoms with E-state index in [-0.39, 0.29) is 5.91 Å². The smallest absolute Gasteiger partial charge is 0.259 e. The molecule has 4 heterocycles. The van der Waals surface area contributed by atoms with Gasteiger partial charge in [-0.15, -0.1) is 0 Å². The van der Waals surface area contributed by atoms with Gasteiger partial charge in [0.25, 0.3) is 5.91 Å². The Morgan fingerprint density at radius 1 is 1.33 bits per heavy atom. The Morgan fingerprint density at radius 3 is 2.96 bits per heavy atom. The van der Waals surface area contributed by atoms with Crippen LogP contribution in [0.15, 0.2) is 24.8 Å². The van der Waals surface area contributed by atoms with Gasteiger partial charge < -0.3 is 9.47 Å². The molecule has 24 heavy (non-hydrogen) atoms. The number of rotatable bonds is 1. The lowest BCUT2D eigenvalue weighted by molar-refractivity contribution is 0.0736. The van der Waals surface area contributed by atoms with Crippen LogP contribution in [0, 0.1) is 18.3 Å². The minimum Gasteiger partial charge on any atom is -0.334 e. The first-order valence-electron chi connectivity index (χ1n) is 7.75. The average molecular weight is 320 g/mol. The summed E-state index contributed by atoms with van der Waals surface area (Å²) in [4.78, 5) is 19.0. The third-order valence-electron chi connectivity index (χ3n) is 4.62. The van der Waals surface area contributed by atoms with Gasteiger partial charge in [0.1, 0.15) is 17.3 Å². The highest BCUT2D eigenvalue weighted by Gasteiger charge is 2.27. The summed E-state index contributed by atoms with van der Waals surface area (Å²) in [5, 5.41) is 13.6. The molecule has 3 aromatic rings. The van der Waals surface area contributed by atoms with Gasteiger partial charge in [-0.3, -0.25) is 9.78 Å². The number of aromatic nitrogens is 4. The first kappa shape index (κ1) is 14.5. The van der Waals surface area contributed by atoms with Gasteiger partial charge in [-0.2, -0.15) is 10.4 Å². The molecule has 0 unspecified atom stereocenters. The van der Waals surface area contributed by atoms with Crippen molar-refractivity contribution in [3.63, 3.8) is 0 Å². The summed E-state index contributed by atoms with van der Waals surface area (Å²) in [7, 11) is 1.89. The zero-order chi connectivity index (χ0) is 16.8. The van der Waals surface area contributed by atoms with Crippen molar-refractivity contribution in [2.24, 2.45) is 7.05 Å². The molecule has 1 aliphatic heterocycles. The van der Waals surface area contributed by atoms with Crippen LogP contribution in [0.5, 0.6) is 0 Å². The van der Waals surface area contributed by atoms with Crippen molar-refractivity contribution < 1.29 is 4.79 Å². The Labute approximate surface area is 138 Å². The lowest BCUT2D eigenvalue weighted by atomic mass is 9.95. The fourth-order valence-electron chi connectivity index (χ4n) is 3.34. The normalized spacial score (nSPS) is 13.8. The van der Waals surface area contributed by atoms with Crippen LogP contribution >= 0.6 is 0 Å². The molecule has 7 nitrogen and oxygen atoms in total. The first-order chi connectivity index (χ1) is 11.6. The summed E-state index contributed by atoms with van der Waals surface area (Å²) in [6.45, 7) is 2.90. The summed E-state index contributed by atoms with van der Waals surface area (Å²) >= 11 is 0. The maximum atomic E-state index is 12.9. The Bertz CT molecular complexity index is 1010. The van der Waals surface area contributed by atoms with Crippen molar-refractivity contribution >= 4 is 11.6 Å². The number of pyridine rings is 1. The maximum absolute atomic E-state index is 12.9. The van der Waals surface area contributed by atoms with Crippen LogP contribution in [0.25, 0.3) is 5.65 Å². The van der Waals surface area contributed by atoms with Gasteiger partial charge in [0.15, 0.2) is 0 Å². The van der Waals surface area contributed by atoms with E-state index < -0.39 is 0 Å². The molecule has 7 heteroatoms. The number of aryl methyl sites for hydroxylation is 2. The van der Waals surface area contributed by atoms with E-state index in [9.17, 15) is 10.1 Å². The van der Waals surface area contributed by atoms with Gasteiger partial charge >= 0.3 is 0 Å². The van der Waals surface area contributed by atoms with Crippen LogP contribution in [0.3, 0.4) is 0 Å². The van der Waals surface area contributed by atoms with E-state index in [1.165, 1.54) is 0 Å². The second kappa shape index (κ2) is 5.20. The number of amides is 1. The monoisotopic (exact) mass is 320 g/mol. The molecule has 0 saturated heterocycles. The molecule has 0 N–H and O–H groups in total. The minimum atomic E-state index is -0.0449. The van der Waals surface area contributed by atoms with E-state index >= 15 is 0 Å². The van der Waals surface area contributed by atoms with Crippen LogP contribution in [0.2, 0.25) is 0 Å². The number of nitrogens with zero attached hydrogens (tertiary/aromatic N) is 6. The predicted octanol–water partition coefficient (Wildman–Crippen LogP) is 1.45. The van der Waals surface area contributed by atoms with Crippen molar-refractivity contribution in [3.8, 4) is 6.07 Å². The molecule has 0 saturated carbocycles. The Morgan fingerprint density at radius 2 is 2.17 bits per heavy atom. The fraction of sp³-hybridized carbons (Fsp3) is 0.294. The number of imidazole rings is 1. The largest absolute Gasteiger partial charge is 0.334 e. The highest BCUT2D eigenvalue weighted by Crippen LogP contribution is 2.25. The van der Waals surface area contributed by atoms with Crippen LogP contribution < -0.4 is 0 Å². The zero-order valence-electron chi connectivity index (χ0n) is 13.5. The Balaban J connectivity index is 1.69. The number of carbonyl (C=O) groups excluding carboxylic acids is 1. The van der Waals surface area contributed by atoms with Crippen LogP contribution in [-0.2, 0) is 20.0 Å². The van der Waals surface area contributed by atoms with E-state index in [0.29, 0.717) is 30.6 Å². The van der Waals surface area contributed by atoms with Gasteiger partial charge in [0.05, 0.1) is 17.5 Å². The van der Waals surface area contributed by atoms with Crippen molar-refractivity contribution in [2.75, 3.05) is 6.54 Å². The van der Waals surface area contributed by atoms with E-state index in [4.69, 9.17) is 0 Å². The third kappa shape index (κ3) is 2.00. The van der Waals surface area contributed by atoms with Crippen LogP contribution in [-0.4, -0.2) is 36.5 Å². The standard InChI is InChI=1S/C17H16N6O/c1-11-14(7-18)13-3-4-22(10-12(13)8-19-11)17(24)15-9-20-23-6-5-21(2)16(15)23/h5-6,8-9H,3-4,10H2,1-2H3. The summed E-state index contributed by atoms with van der Waals surface area (Å²) in [6, 6.07) is 2.24. The second-order valence-electron chi connectivity index (χ2n) is 6.05. The highest BCUT2D eigenvalue weighted by molar-refractivity contribution is 5.99. The van der Waals surface area contributed by atoms with Crippen molar-refractivity contribution in [1.29, 1.82) is 5.26 Å². The summed E-state index contributed by atoms with van der Waals surface area (Å²) < 4.78 is 3.58. The van der Waals surface area contributed by atoms with Crippen LogP contribution in [0.4, 0.5) is 0 Å². The molecule has 3 aromatic heterocycles. The molecule has 1 aliphatic rings. The number of nitriles is 1. The van der Waals surface area contributed by atoms with E-state index in [1.54, 1.807) is 21.8 Å². The summed E-state index contributed by atoms with van der Waals surface area (Å²) in [5.74, 6) is -0.0449. The van der Waals surface area contributed by atoms with Gasteiger partial charge in [0.2, 0.25) is 0 Å². The number of hydrogen-bond donors (Lipinski definition) is 0. The Kier molecular flexibility index (Phi) is 3.13. The van der Waals surface area contributed by atoms with Gasteiger partial charge in [-0.1, -0.05) is 0 Å². The number of carbonyl (C=O) groups is 1. The molecular formula is C17H16N6O. The molecule has 0 fully saturated rings. The first-order valence-corrected chi connectivity index (χ1v) is 7.75. The molecule has 4 rings (SSSR count). The molecule has 0 aromatic carbocycles. The quantitative estimate of drug-likeness (QED) is 0.680. The molecule has 120 valence electrons. The Hall–Kier alpha value is -3.14. The van der Waals surface area contributed by atoms with E-state index in [1.807, 2.05) is 30.9 Å². The minimum absolute atomic E-state index is 0.0449. The van der Waals surface area contributed by atoms with Gasteiger partial charge in [-0.25, -0.2) is 4.52 Å². The molecule has 0 bridgehead atoms. The molecule has 0 spiro atoms. The number of fused-ring (bicyclic) bond motifs is 2. The zero-order valence-corrected chi connectivity index (χ0v) is 13.5. The van der Waals surface area contributed by atoms with Crippen molar-refractivity contribution in [1.82, 2.24) is 24.1 Å². The average Bonchev–Trinajstić information content (AvgIpc) is 3.17. The second-order valence-corrected chi connectivity index (χ2v) is 6.05. The lowest BCUT2D eigenvalue weighted by Crippen LogP contribution is -2.36. The SMILES string of the molecule is Cc1ncc2c(c1C#N)CCN(C(=O)c1cnn3ccn(C)c13)C2. The van der Waals surface area contributed by atoms with E-state index in [0.717, 1.165) is 22.5 Å². The van der Waals surface area contributed by atoms with E-state index in [2.05, 4.69) is 16.2 Å². The predicted molar refractivity (Wildman–Crippen MR) is 86.3 cm³/mol. The van der Waals surface area contributed by atoms with Gasteiger partial charge in [0, 0.05) is 38.7 Å². The molecular weight excluding hydrogens is 304 g/mol. The molecule has 0 aliphatic carbocycles. The molecule has 1 amide bonds. The molecule has 0 radical (unpaired) electrons. The van der Waals surface area contributed by atoms with Gasteiger partial charge in [-0.05, 0) is 24.5 Å². The maximum Gasteiger partial charge on any atom is 0.259 e. The summed E-state index contributed by atoms with van der Waals surface area (Å²) in [5.41, 5.74) is 4.74. The fourth-order valence-corrected chi connectivity index (χ4v) is 3.34. The topological polar surface area (TPSA) is 79.2 Å². The highest BCUT2D eigenvalue weighted by atomic mass is 16.2. The van der Waals surface area contributed by atoms with Crippen molar-refractivity contribution in [3.05, 3.63) is 52.7 Å².